The molecule has 0 aromatic carbocycles. The highest BCUT2D eigenvalue weighted by Gasteiger charge is 2.28. The van der Waals surface area contributed by atoms with Crippen LogP contribution in [0.4, 0.5) is 0 Å². The highest BCUT2D eigenvalue weighted by molar-refractivity contribution is 4.65. The lowest BCUT2D eigenvalue weighted by Gasteiger charge is -2.28. The van der Waals surface area contributed by atoms with E-state index in [9.17, 15) is 0 Å². The molecule has 0 aliphatic rings. The molecule has 0 heterocycles. The van der Waals surface area contributed by atoms with Crippen LogP contribution in [0, 0.1) is 0 Å². The average molecular weight is 300 g/mol. The third-order valence-corrected chi connectivity index (χ3v) is 4.07. The third-order valence-electron chi connectivity index (χ3n) is 4.07. The quantitative estimate of drug-likeness (QED) is 0.215. The van der Waals surface area contributed by atoms with Crippen molar-refractivity contribution in [2.45, 2.75) is 83.0 Å². The molecule has 0 saturated heterocycles. The van der Waals surface area contributed by atoms with Gasteiger partial charge in [-0.15, -0.1) is 6.58 Å². The molecule has 3 nitrogen and oxygen atoms in total. The Morgan fingerprint density at radius 3 is 1.43 bits per heavy atom. The van der Waals surface area contributed by atoms with Crippen LogP contribution in [0.1, 0.15) is 77.0 Å². The highest BCUT2D eigenvalue weighted by Crippen LogP contribution is 2.21. The molecule has 0 N–H and O–H groups in total. The summed E-state index contributed by atoms with van der Waals surface area (Å²) < 4.78 is 15.9. The summed E-state index contributed by atoms with van der Waals surface area (Å²) in [5, 5.41) is 0. The van der Waals surface area contributed by atoms with Gasteiger partial charge in [0.1, 0.15) is 0 Å². The monoisotopic (exact) mass is 300 g/mol. The highest BCUT2D eigenvalue weighted by atomic mass is 16.9. The lowest BCUT2D eigenvalue weighted by atomic mass is 10.0. The van der Waals surface area contributed by atoms with Crippen molar-refractivity contribution < 1.29 is 14.2 Å². The van der Waals surface area contributed by atoms with E-state index in [0.29, 0.717) is 0 Å². The maximum absolute atomic E-state index is 5.29. The van der Waals surface area contributed by atoms with Gasteiger partial charge in [0.15, 0.2) is 0 Å². The minimum absolute atomic E-state index is 0.791. The van der Waals surface area contributed by atoms with Gasteiger partial charge in [0, 0.05) is 27.8 Å². The first-order valence-electron chi connectivity index (χ1n) is 8.51. The topological polar surface area (TPSA) is 27.7 Å². The van der Waals surface area contributed by atoms with Crippen LogP contribution in [0.25, 0.3) is 0 Å². The fraction of sp³-hybridized carbons (Fsp3) is 0.889. The Morgan fingerprint density at radius 2 is 1.05 bits per heavy atom. The second-order valence-electron chi connectivity index (χ2n) is 5.66. The minimum Gasteiger partial charge on any atom is -0.331 e. The average Bonchev–Trinajstić information content (AvgIpc) is 2.53. The van der Waals surface area contributed by atoms with Crippen LogP contribution >= 0.6 is 0 Å². The van der Waals surface area contributed by atoms with Gasteiger partial charge in [0.2, 0.25) is 0 Å². The van der Waals surface area contributed by atoms with Crippen LogP contribution in [0.2, 0.25) is 0 Å². The minimum atomic E-state index is -0.842. The third kappa shape index (κ3) is 10.9. The van der Waals surface area contributed by atoms with Gasteiger partial charge < -0.3 is 14.2 Å². The van der Waals surface area contributed by atoms with E-state index < -0.39 is 5.97 Å². The van der Waals surface area contributed by atoms with E-state index in [4.69, 9.17) is 14.2 Å². The second-order valence-corrected chi connectivity index (χ2v) is 5.66. The van der Waals surface area contributed by atoms with Crippen LogP contribution in [0.15, 0.2) is 12.7 Å². The molecule has 0 bridgehead atoms. The molecular formula is C18H36O3. The summed E-state index contributed by atoms with van der Waals surface area (Å²) in [5.41, 5.74) is 0. The van der Waals surface area contributed by atoms with Gasteiger partial charge in [-0.25, -0.2) is 0 Å². The normalized spacial score (nSPS) is 11.8. The molecule has 0 aliphatic carbocycles. The predicted octanol–water partition coefficient (Wildman–Crippen LogP) is 5.45. The van der Waals surface area contributed by atoms with E-state index in [1.54, 1.807) is 21.3 Å². The van der Waals surface area contributed by atoms with Gasteiger partial charge >= 0.3 is 0 Å². The molecule has 0 amide bonds. The molecule has 126 valence electrons. The molecule has 21 heavy (non-hydrogen) atoms. The molecule has 0 rings (SSSR count). The largest absolute Gasteiger partial charge is 0.331 e. The Labute approximate surface area is 132 Å². The maximum atomic E-state index is 5.29. The summed E-state index contributed by atoms with van der Waals surface area (Å²) in [4.78, 5) is 0. The first-order chi connectivity index (χ1) is 10.2. The fourth-order valence-electron chi connectivity index (χ4n) is 2.60. The molecule has 0 aromatic heterocycles. The van der Waals surface area contributed by atoms with Crippen LogP contribution in [0.3, 0.4) is 0 Å². The second kappa shape index (κ2) is 14.6. The van der Waals surface area contributed by atoms with E-state index >= 15 is 0 Å². The van der Waals surface area contributed by atoms with Crippen molar-refractivity contribution in [3.05, 3.63) is 12.7 Å². The van der Waals surface area contributed by atoms with Crippen molar-refractivity contribution >= 4 is 0 Å². The lowest BCUT2D eigenvalue weighted by Crippen LogP contribution is -2.35. The zero-order chi connectivity index (χ0) is 15.8. The van der Waals surface area contributed by atoms with Crippen molar-refractivity contribution in [2.75, 3.05) is 21.3 Å². The summed E-state index contributed by atoms with van der Waals surface area (Å²) in [6, 6.07) is 0. The van der Waals surface area contributed by atoms with Crippen molar-refractivity contribution in [2.24, 2.45) is 0 Å². The number of allylic oxidation sites excluding steroid dienone is 1. The van der Waals surface area contributed by atoms with Gasteiger partial charge in [0.05, 0.1) is 0 Å². The maximum Gasteiger partial charge on any atom is 0.282 e. The Kier molecular flexibility index (Phi) is 14.3. The fourth-order valence-corrected chi connectivity index (χ4v) is 2.60. The Hall–Kier alpha value is -0.380. The number of ether oxygens (including phenoxy) is 3. The van der Waals surface area contributed by atoms with Crippen LogP contribution in [-0.4, -0.2) is 27.3 Å². The van der Waals surface area contributed by atoms with E-state index in [1.165, 1.54) is 64.2 Å². The zero-order valence-electron chi connectivity index (χ0n) is 14.5. The smallest absolute Gasteiger partial charge is 0.282 e. The number of methoxy groups -OCH3 is 3. The predicted molar refractivity (Wildman–Crippen MR) is 89.4 cm³/mol. The van der Waals surface area contributed by atoms with E-state index in [2.05, 4.69) is 6.58 Å². The van der Waals surface area contributed by atoms with Crippen LogP contribution in [0.5, 0.6) is 0 Å². The molecule has 0 atom stereocenters. The molecule has 0 spiro atoms. The summed E-state index contributed by atoms with van der Waals surface area (Å²) in [6.07, 6.45) is 17.1. The molecule has 0 unspecified atom stereocenters. The standard InChI is InChI=1S/C18H36O3/c1-5-6-7-8-9-10-11-12-13-14-15-16-17-18(19-2,20-3)21-4/h5H,1,6-17H2,2-4H3. The molecular weight excluding hydrogens is 264 g/mol. The molecule has 0 radical (unpaired) electrons. The number of rotatable bonds is 16. The van der Waals surface area contributed by atoms with Gasteiger partial charge in [-0.1, -0.05) is 57.4 Å². The summed E-state index contributed by atoms with van der Waals surface area (Å²) in [5.74, 6) is -0.842. The van der Waals surface area contributed by atoms with Gasteiger partial charge in [-0.05, 0) is 19.3 Å². The number of unbranched alkanes of at least 4 members (excludes halogenated alkanes) is 10. The van der Waals surface area contributed by atoms with Gasteiger partial charge in [-0.2, -0.15) is 0 Å². The van der Waals surface area contributed by atoms with E-state index in [1.807, 2.05) is 6.08 Å². The van der Waals surface area contributed by atoms with Crippen LogP contribution in [-0.2, 0) is 14.2 Å². The van der Waals surface area contributed by atoms with Crippen molar-refractivity contribution in [1.82, 2.24) is 0 Å². The lowest BCUT2D eigenvalue weighted by molar-refractivity contribution is -0.355. The summed E-state index contributed by atoms with van der Waals surface area (Å²) >= 11 is 0. The van der Waals surface area contributed by atoms with Crippen LogP contribution < -0.4 is 0 Å². The van der Waals surface area contributed by atoms with Crippen molar-refractivity contribution in [1.29, 1.82) is 0 Å². The first-order valence-corrected chi connectivity index (χ1v) is 8.51. The van der Waals surface area contributed by atoms with E-state index in [-0.39, 0.29) is 0 Å². The molecule has 0 fully saturated rings. The molecule has 0 aliphatic heterocycles. The Balaban J connectivity index is 3.31. The zero-order valence-corrected chi connectivity index (χ0v) is 14.5. The van der Waals surface area contributed by atoms with Gasteiger partial charge in [-0.3, -0.25) is 0 Å². The number of hydrogen-bond acceptors (Lipinski definition) is 3. The first kappa shape index (κ1) is 20.6. The van der Waals surface area contributed by atoms with Crippen molar-refractivity contribution in [3.63, 3.8) is 0 Å². The molecule has 0 saturated carbocycles. The Morgan fingerprint density at radius 1 is 0.667 bits per heavy atom. The Bertz CT molecular complexity index is 216. The SMILES string of the molecule is C=CCCCCCCCCCCCCC(OC)(OC)OC. The molecule has 0 aromatic rings. The summed E-state index contributed by atoms with van der Waals surface area (Å²) in [7, 11) is 4.88. The van der Waals surface area contributed by atoms with E-state index in [0.717, 1.165) is 12.8 Å². The van der Waals surface area contributed by atoms with Gasteiger partial charge in [0.25, 0.3) is 5.97 Å². The van der Waals surface area contributed by atoms with Crippen molar-refractivity contribution in [3.8, 4) is 0 Å². The number of hydrogen-bond donors (Lipinski definition) is 0. The molecule has 3 heteroatoms. The summed E-state index contributed by atoms with van der Waals surface area (Å²) in [6.45, 7) is 3.75.